The molecule has 0 aliphatic rings. The highest BCUT2D eigenvalue weighted by molar-refractivity contribution is 5.87. The Bertz CT molecular complexity index is 299. The van der Waals surface area contributed by atoms with Gasteiger partial charge in [-0.15, -0.1) is 0 Å². The van der Waals surface area contributed by atoms with Crippen LogP contribution >= 0.6 is 0 Å². The smallest absolute Gasteiger partial charge is 0.333 e. The lowest BCUT2D eigenvalue weighted by Gasteiger charge is -2.39. The van der Waals surface area contributed by atoms with E-state index < -0.39 is 0 Å². The highest BCUT2D eigenvalue weighted by atomic mass is 16.6. The van der Waals surface area contributed by atoms with Gasteiger partial charge in [0.25, 0.3) is 0 Å². The Morgan fingerprint density at radius 1 is 1.05 bits per heavy atom. The Balaban J connectivity index is 5.17. The van der Waals surface area contributed by atoms with Gasteiger partial charge in [0.2, 0.25) is 0 Å². The second-order valence-electron chi connectivity index (χ2n) is 6.49. The predicted octanol–water partition coefficient (Wildman–Crippen LogP) is 6.05. The zero-order chi connectivity index (χ0) is 16.3. The summed E-state index contributed by atoms with van der Waals surface area (Å²) >= 11 is 0. The number of unbranched alkanes of at least 4 members (excludes halogenated alkanes) is 3. The number of hydrogen-bond donors (Lipinski definition) is 0. The van der Waals surface area contributed by atoms with E-state index in [0.29, 0.717) is 11.5 Å². The Labute approximate surface area is 132 Å². The van der Waals surface area contributed by atoms with Gasteiger partial charge in [-0.25, -0.2) is 4.79 Å². The largest absolute Gasteiger partial charge is 0.455 e. The molecule has 0 heterocycles. The summed E-state index contributed by atoms with van der Waals surface area (Å²) < 4.78 is 6.02. The predicted molar refractivity (Wildman–Crippen MR) is 91.4 cm³/mol. The van der Waals surface area contributed by atoms with Crippen molar-refractivity contribution in [1.82, 2.24) is 0 Å². The molecule has 2 heteroatoms. The summed E-state index contributed by atoms with van der Waals surface area (Å²) in [6, 6.07) is 0. The van der Waals surface area contributed by atoms with Gasteiger partial charge < -0.3 is 4.74 Å². The molecule has 0 saturated carbocycles. The number of hydrogen-bond acceptors (Lipinski definition) is 2. The van der Waals surface area contributed by atoms with Crippen molar-refractivity contribution < 1.29 is 9.53 Å². The number of esters is 1. The Kier molecular flexibility index (Phi) is 10.5. The van der Waals surface area contributed by atoms with Gasteiger partial charge in [0.15, 0.2) is 0 Å². The van der Waals surface area contributed by atoms with Crippen molar-refractivity contribution in [1.29, 1.82) is 0 Å². The molecule has 0 aliphatic carbocycles. The van der Waals surface area contributed by atoms with E-state index >= 15 is 0 Å². The fourth-order valence-electron chi connectivity index (χ4n) is 2.82. The first kappa shape index (κ1) is 20.2. The van der Waals surface area contributed by atoms with Crippen LogP contribution in [-0.4, -0.2) is 11.6 Å². The Morgan fingerprint density at radius 3 is 1.90 bits per heavy atom. The number of carbonyl (C=O) groups is 1. The SMILES string of the molecule is C=C(C)C(=O)OC(CCCC)(CCCC)C(C)CCCC. The average molecular weight is 296 g/mol. The molecule has 1 unspecified atom stereocenters. The molecule has 124 valence electrons. The van der Waals surface area contributed by atoms with Gasteiger partial charge in [0.05, 0.1) is 0 Å². The van der Waals surface area contributed by atoms with Crippen LogP contribution in [0.1, 0.15) is 92.4 Å². The molecule has 0 spiro atoms. The van der Waals surface area contributed by atoms with Crippen molar-refractivity contribution in [2.75, 3.05) is 0 Å². The second kappa shape index (κ2) is 10.9. The molecule has 0 N–H and O–H groups in total. The third kappa shape index (κ3) is 7.15. The van der Waals surface area contributed by atoms with Crippen LogP contribution in [0.15, 0.2) is 12.2 Å². The molecule has 0 aromatic heterocycles. The van der Waals surface area contributed by atoms with Crippen LogP contribution in [0.25, 0.3) is 0 Å². The van der Waals surface area contributed by atoms with Gasteiger partial charge in [-0.2, -0.15) is 0 Å². The standard InChI is InChI=1S/C19H36O2/c1-7-10-13-17(6)19(14-11-8-2,15-12-9-3)21-18(20)16(4)5/h17H,4,7-15H2,1-3,5-6H3. The van der Waals surface area contributed by atoms with E-state index in [0.717, 1.165) is 44.9 Å². The molecule has 0 fully saturated rings. The molecule has 1 atom stereocenters. The lowest BCUT2D eigenvalue weighted by atomic mass is 9.77. The minimum atomic E-state index is -0.294. The molecular weight excluding hydrogens is 260 g/mol. The van der Waals surface area contributed by atoms with Crippen LogP contribution in [-0.2, 0) is 9.53 Å². The molecule has 0 aliphatic heterocycles. The van der Waals surface area contributed by atoms with Gasteiger partial charge >= 0.3 is 5.97 Å². The van der Waals surface area contributed by atoms with Gasteiger partial charge in [-0.05, 0) is 44.9 Å². The summed E-state index contributed by atoms with van der Waals surface area (Å²) in [7, 11) is 0. The Hall–Kier alpha value is -0.790. The van der Waals surface area contributed by atoms with Crippen LogP contribution in [0.3, 0.4) is 0 Å². The number of ether oxygens (including phenoxy) is 1. The monoisotopic (exact) mass is 296 g/mol. The van der Waals surface area contributed by atoms with Crippen LogP contribution in [0, 0.1) is 5.92 Å². The Morgan fingerprint density at radius 2 is 1.52 bits per heavy atom. The number of carbonyl (C=O) groups excluding carboxylic acids is 1. The molecule has 0 aromatic rings. The first-order valence-corrected chi connectivity index (χ1v) is 8.82. The van der Waals surface area contributed by atoms with Crippen molar-refractivity contribution in [3.05, 3.63) is 12.2 Å². The van der Waals surface area contributed by atoms with Crippen molar-refractivity contribution in [2.24, 2.45) is 5.92 Å². The zero-order valence-electron chi connectivity index (χ0n) is 15.0. The highest BCUT2D eigenvalue weighted by Gasteiger charge is 2.38. The number of rotatable bonds is 12. The molecule has 0 amide bonds. The van der Waals surface area contributed by atoms with E-state index in [9.17, 15) is 4.79 Å². The van der Waals surface area contributed by atoms with Crippen LogP contribution < -0.4 is 0 Å². The third-order valence-electron chi connectivity index (χ3n) is 4.44. The van der Waals surface area contributed by atoms with Gasteiger partial charge in [0, 0.05) is 5.57 Å². The molecular formula is C19H36O2. The maximum absolute atomic E-state index is 12.1. The maximum atomic E-state index is 12.1. The van der Waals surface area contributed by atoms with Crippen LogP contribution in [0.2, 0.25) is 0 Å². The van der Waals surface area contributed by atoms with Crippen molar-refractivity contribution in [3.8, 4) is 0 Å². The fraction of sp³-hybridized carbons (Fsp3) is 0.842. The summed E-state index contributed by atoms with van der Waals surface area (Å²) in [6.07, 6.45) is 9.99. The molecule has 0 saturated heterocycles. The van der Waals surface area contributed by atoms with Crippen molar-refractivity contribution in [3.63, 3.8) is 0 Å². The van der Waals surface area contributed by atoms with Gasteiger partial charge in [-0.3, -0.25) is 0 Å². The van der Waals surface area contributed by atoms with Gasteiger partial charge in [0.1, 0.15) is 5.60 Å². The fourth-order valence-corrected chi connectivity index (χ4v) is 2.82. The third-order valence-corrected chi connectivity index (χ3v) is 4.44. The van der Waals surface area contributed by atoms with Crippen LogP contribution in [0.5, 0.6) is 0 Å². The summed E-state index contributed by atoms with van der Waals surface area (Å²) in [5, 5.41) is 0. The summed E-state index contributed by atoms with van der Waals surface area (Å²) in [4.78, 5) is 12.1. The maximum Gasteiger partial charge on any atom is 0.333 e. The normalized spacial score (nSPS) is 13.0. The van der Waals surface area contributed by atoms with E-state index in [2.05, 4.69) is 34.3 Å². The zero-order valence-corrected chi connectivity index (χ0v) is 15.0. The lowest BCUT2D eigenvalue weighted by molar-refractivity contribution is -0.164. The van der Waals surface area contributed by atoms with E-state index in [1.807, 2.05) is 0 Å². The molecule has 21 heavy (non-hydrogen) atoms. The highest BCUT2D eigenvalue weighted by Crippen LogP contribution is 2.37. The first-order valence-electron chi connectivity index (χ1n) is 8.82. The summed E-state index contributed by atoms with van der Waals surface area (Å²) in [5.74, 6) is 0.199. The minimum absolute atomic E-state index is 0.217. The molecule has 0 bridgehead atoms. The minimum Gasteiger partial charge on any atom is -0.455 e. The quantitative estimate of drug-likeness (QED) is 0.323. The van der Waals surface area contributed by atoms with Crippen LogP contribution in [0.4, 0.5) is 0 Å². The molecule has 0 radical (unpaired) electrons. The van der Waals surface area contributed by atoms with Crippen molar-refractivity contribution in [2.45, 2.75) is 98.0 Å². The summed E-state index contributed by atoms with van der Waals surface area (Å²) in [5.41, 5.74) is 0.215. The lowest BCUT2D eigenvalue weighted by Crippen LogP contribution is -2.42. The second-order valence-corrected chi connectivity index (χ2v) is 6.49. The van der Waals surface area contributed by atoms with E-state index in [-0.39, 0.29) is 11.6 Å². The van der Waals surface area contributed by atoms with E-state index in [1.54, 1.807) is 6.92 Å². The van der Waals surface area contributed by atoms with Crippen molar-refractivity contribution >= 4 is 5.97 Å². The topological polar surface area (TPSA) is 26.3 Å². The van der Waals surface area contributed by atoms with Gasteiger partial charge in [-0.1, -0.05) is 60.0 Å². The van der Waals surface area contributed by atoms with E-state index in [1.165, 1.54) is 12.8 Å². The summed E-state index contributed by atoms with van der Waals surface area (Å²) in [6.45, 7) is 14.4. The molecule has 2 nitrogen and oxygen atoms in total. The average Bonchev–Trinajstić information content (AvgIpc) is 2.47. The molecule has 0 rings (SSSR count). The first-order chi connectivity index (χ1) is 9.93. The molecule has 0 aromatic carbocycles. The van der Waals surface area contributed by atoms with E-state index in [4.69, 9.17) is 4.74 Å².